The van der Waals surface area contributed by atoms with Gasteiger partial charge in [-0.05, 0) is 50.0 Å². The minimum atomic E-state index is -2.83. The molecule has 112 valence electrons. The Kier molecular flexibility index (Phi) is 1.76. The summed E-state index contributed by atoms with van der Waals surface area (Å²) in [6.07, 6.45) is -1.66. The minimum Gasteiger partial charge on any atom is -0.447 e. The van der Waals surface area contributed by atoms with Crippen molar-refractivity contribution in [3.05, 3.63) is 35.5 Å². The van der Waals surface area contributed by atoms with E-state index in [4.69, 9.17) is 18.5 Å². The van der Waals surface area contributed by atoms with Gasteiger partial charge in [-0.3, -0.25) is 0 Å². The van der Waals surface area contributed by atoms with E-state index in [2.05, 4.69) is 0 Å². The number of nitrogens with zero attached hydrogens (tertiary/aromatic N) is 1. The van der Waals surface area contributed by atoms with Gasteiger partial charge < -0.3 is 19.9 Å². The average molecular weight is 297 g/mol. The van der Waals surface area contributed by atoms with E-state index >= 15 is 0 Å². The molecule has 0 spiro atoms. The van der Waals surface area contributed by atoms with E-state index in [-0.39, 0.29) is 25.1 Å². The van der Waals surface area contributed by atoms with E-state index < -0.39 is 32.5 Å². The molecule has 2 heterocycles. The van der Waals surface area contributed by atoms with Gasteiger partial charge in [0.15, 0.2) is 2.82 Å². The van der Waals surface area contributed by atoms with Crippen LogP contribution in [0.2, 0.25) is 2.82 Å². The first-order valence-electron chi connectivity index (χ1n) is 11.4. The summed E-state index contributed by atoms with van der Waals surface area (Å²) in [7, 11) is 0. The van der Waals surface area contributed by atoms with Crippen LogP contribution in [-0.4, -0.2) is 49.1 Å². The molecule has 0 unspecified atom stereocenters. The van der Waals surface area contributed by atoms with Crippen LogP contribution in [-0.2, 0) is 17.5 Å². The quantitative estimate of drug-likeness (QED) is 0.886. The Morgan fingerprint density at radius 3 is 3.24 bits per heavy atom. The molecule has 1 saturated heterocycles. The third-order valence-electron chi connectivity index (χ3n) is 3.27. The maximum Gasteiger partial charge on any atom is 0.407 e. The monoisotopic (exact) mass is 297 g/mol. The zero-order chi connectivity index (χ0) is 23.4. The number of carbonyl (C=O) groups is 1. The molecule has 1 aliphatic heterocycles. The molecule has 1 aromatic heterocycles. The topological polar surface area (TPSA) is 57.4 Å². The molecule has 2 aromatic rings. The van der Waals surface area contributed by atoms with Crippen molar-refractivity contribution in [3.63, 3.8) is 0 Å². The van der Waals surface area contributed by atoms with Crippen LogP contribution in [0.5, 0.6) is 0 Å². The molecule has 1 atom stereocenters. The predicted molar refractivity (Wildman–Crippen MR) is 82.5 cm³/mol. The molecule has 5 heteroatoms. The summed E-state index contributed by atoms with van der Waals surface area (Å²) in [5.74, 6) is 0. The summed E-state index contributed by atoms with van der Waals surface area (Å²) in [6, 6.07) is 3.27. The summed E-state index contributed by atoms with van der Waals surface area (Å²) >= 11 is 0. The number of aromatic amines is 1. The lowest BCUT2D eigenvalue weighted by molar-refractivity contribution is 0.177. The first-order chi connectivity index (χ1) is 14.1. The molecule has 5 nitrogen and oxygen atoms in total. The van der Waals surface area contributed by atoms with Gasteiger partial charge in [-0.15, -0.1) is 0 Å². The zero-order valence-corrected chi connectivity index (χ0v) is 11.2. The Morgan fingerprint density at radius 2 is 2.48 bits per heavy atom. The van der Waals surface area contributed by atoms with Crippen molar-refractivity contribution in [2.75, 3.05) is 27.1 Å². The second kappa shape index (κ2) is 5.77. The third-order valence-corrected chi connectivity index (χ3v) is 3.27. The number of aromatic nitrogens is 1. The number of fused-ring (bicyclic) bond motifs is 1. The van der Waals surface area contributed by atoms with Crippen LogP contribution in [0, 0.1) is 0 Å². The number of rotatable bonds is 5. The van der Waals surface area contributed by atoms with E-state index in [1.165, 1.54) is 24.4 Å². The molecule has 0 saturated carbocycles. The van der Waals surface area contributed by atoms with E-state index in [0.717, 1.165) is 4.98 Å². The van der Waals surface area contributed by atoms with E-state index in [1.807, 2.05) is 0 Å². The molecule has 1 amide bonds. The van der Waals surface area contributed by atoms with Crippen LogP contribution < -0.4 is 5.31 Å². The van der Waals surface area contributed by atoms with Crippen molar-refractivity contribution < 1.29 is 23.3 Å². The molecular formula is C16H21N3O2. The molecular weight excluding hydrogens is 266 g/mol. The molecule has 0 bridgehead atoms. The first kappa shape index (κ1) is 6.40. The molecule has 1 fully saturated rings. The highest BCUT2D eigenvalue weighted by Gasteiger charge is 2.22. The summed E-state index contributed by atoms with van der Waals surface area (Å²) in [5.41, 5.74) is 1.05. The van der Waals surface area contributed by atoms with Gasteiger partial charge in [-0.2, -0.15) is 0 Å². The van der Waals surface area contributed by atoms with Crippen LogP contribution in [0.4, 0.5) is 4.79 Å². The Labute approximate surface area is 138 Å². The van der Waals surface area contributed by atoms with Gasteiger partial charge in [0.05, 0.1) is 6.04 Å². The molecule has 0 aliphatic carbocycles. The number of ether oxygens (including phenoxy) is 1. The number of cyclic esters (lactones) is 1. The van der Waals surface area contributed by atoms with Gasteiger partial charge in [0, 0.05) is 34.6 Å². The van der Waals surface area contributed by atoms with Crippen LogP contribution in [0.1, 0.15) is 22.1 Å². The van der Waals surface area contributed by atoms with Gasteiger partial charge in [0.25, 0.3) is 0 Å². The number of benzene rings is 1. The molecule has 1 aromatic carbocycles. The van der Waals surface area contributed by atoms with Crippen molar-refractivity contribution in [2.45, 2.75) is 18.8 Å². The Morgan fingerprint density at radius 1 is 1.57 bits per heavy atom. The average Bonchev–Trinajstić information content (AvgIpc) is 3.13. The zero-order valence-electron chi connectivity index (χ0n) is 21.2. The lowest BCUT2D eigenvalue weighted by atomic mass is 10.0. The fourth-order valence-electron chi connectivity index (χ4n) is 2.26. The normalized spacial score (nSPS) is 27.6. The molecule has 0 radical (unpaired) electrons. The highest BCUT2D eigenvalue weighted by Crippen LogP contribution is 2.21. The maximum atomic E-state index is 11.5. The van der Waals surface area contributed by atoms with E-state index in [0.29, 0.717) is 26.7 Å². The third kappa shape index (κ3) is 3.19. The van der Waals surface area contributed by atoms with Crippen LogP contribution >= 0.6 is 0 Å². The highest BCUT2D eigenvalue weighted by atomic mass is 16.6. The summed E-state index contributed by atoms with van der Waals surface area (Å²) < 4.78 is 82.2. The molecule has 21 heavy (non-hydrogen) atoms. The van der Waals surface area contributed by atoms with E-state index in [9.17, 15) is 4.79 Å². The number of nitrogens with one attached hydrogen (secondary N) is 2. The number of hydrogen-bond acceptors (Lipinski definition) is 3. The fourth-order valence-corrected chi connectivity index (χ4v) is 2.26. The fraction of sp³-hybridized carbons (Fsp3) is 0.438. The maximum absolute atomic E-state index is 11.5. The van der Waals surface area contributed by atoms with Gasteiger partial charge in [0.2, 0.25) is 0 Å². The summed E-state index contributed by atoms with van der Waals surface area (Å²) in [6.45, 7) is -6.28. The van der Waals surface area contributed by atoms with Crippen molar-refractivity contribution in [3.8, 4) is 0 Å². The van der Waals surface area contributed by atoms with Crippen LogP contribution in [0.25, 0.3) is 10.9 Å². The van der Waals surface area contributed by atoms with E-state index in [1.54, 1.807) is 0 Å². The lowest BCUT2D eigenvalue weighted by Gasteiger charge is -2.09. The van der Waals surface area contributed by atoms with Crippen molar-refractivity contribution in [1.29, 1.82) is 0 Å². The van der Waals surface area contributed by atoms with Gasteiger partial charge >= 0.3 is 6.09 Å². The minimum absolute atomic E-state index is 0.00120. The number of H-pyrrole nitrogens is 1. The van der Waals surface area contributed by atoms with Crippen LogP contribution in [0.15, 0.2) is 24.4 Å². The number of alkyl carbamates (subject to hydrolysis) is 1. The smallest absolute Gasteiger partial charge is 0.407 e. The van der Waals surface area contributed by atoms with Gasteiger partial charge in [-0.1, -0.05) is 6.07 Å². The van der Waals surface area contributed by atoms with Gasteiger partial charge in [0.1, 0.15) is 6.61 Å². The SMILES string of the molecule is [2H]N1C(=O)OC[C@@H]1C([2H])([2H])c1ccc2c(c1)c(CCN(C([2H])([2H])[2H])C([2H])([2H])[2H])cn2[2H]. The van der Waals surface area contributed by atoms with Crippen LogP contribution in [0.3, 0.4) is 0 Å². The largest absolute Gasteiger partial charge is 0.447 e. The molecule has 1 aliphatic rings. The Bertz CT molecular complexity index is 970. The van der Waals surface area contributed by atoms with Gasteiger partial charge in [-0.25, -0.2) is 4.79 Å². The van der Waals surface area contributed by atoms with Crippen molar-refractivity contribution >= 4 is 17.0 Å². The summed E-state index contributed by atoms with van der Waals surface area (Å²) in [5, 5.41) is 0.903. The number of hydrogen-bond donors (Lipinski definition) is 2. The second-order valence-corrected chi connectivity index (χ2v) is 4.78. The number of carbonyl (C=O) groups excluding carboxylic acids is 1. The van der Waals surface area contributed by atoms with Crippen molar-refractivity contribution in [1.82, 2.24) is 15.2 Å². The predicted octanol–water partition coefficient (Wildman–Crippen LogP) is 1.92. The standard InChI is InChI=1S/C16H21N3O2/c1-19(2)6-5-12-9-17-15-4-3-11(8-14(12)15)7-13-10-21-16(20)18-13/h3-4,8-9,13,17H,5-7,10H2,1-2H3,(H,18,20)/t13-/m0/s1/i1D3,2D3,7D2/hD2. The first-order valence-corrected chi connectivity index (χ1v) is 6.50. The number of likely N-dealkylation sites (N-methyl/N-ethyl adjacent to an activating group) is 1. The number of amides is 1. The second-order valence-electron chi connectivity index (χ2n) is 4.78. The van der Waals surface area contributed by atoms with Crippen molar-refractivity contribution in [2.24, 2.45) is 0 Å². The Balaban J connectivity index is 1.95. The molecule has 3 rings (SSSR count). The molecule has 2 N–H and O–H groups in total. The Hall–Kier alpha value is -2.01. The highest BCUT2D eigenvalue weighted by molar-refractivity contribution is 5.84. The summed E-state index contributed by atoms with van der Waals surface area (Å²) in [4.78, 5) is 12.9. The lowest BCUT2D eigenvalue weighted by Crippen LogP contribution is -2.28.